The number of aromatic nitrogens is 1. The van der Waals surface area contributed by atoms with E-state index in [1.54, 1.807) is 0 Å². The largest absolute Gasteiger partial charge is 0.354 e. The van der Waals surface area contributed by atoms with Gasteiger partial charge in [-0.1, -0.05) is 6.07 Å². The Hall–Kier alpha value is -1.85. The third kappa shape index (κ3) is 3.99. The van der Waals surface area contributed by atoms with Crippen LogP contribution in [-0.4, -0.2) is 37.1 Å². The molecule has 32 heavy (non-hydrogen) atoms. The molecule has 4 aliphatic carbocycles. The maximum Gasteiger partial charge on any atom is 0.224 e. The number of anilines is 2. The maximum atomic E-state index is 13.3. The van der Waals surface area contributed by atoms with Crippen LogP contribution in [0.2, 0.25) is 0 Å². The van der Waals surface area contributed by atoms with Gasteiger partial charge in [0.05, 0.1) is 11.2 Å². The Kier molecular flexibility index (Phi) is 5.83. The van der Waals surface area contributed by atoms with Crippen molar-refractivity contribution < 1.29 is 4.79 Å². The SMILES string of the molecule is Cc1ccc2nc(N3CCNCC3)ccc2c1NC(=O)CC12CC3CC(CC(C3)C1)C2.Cl. The number of fused-ring (bicyclic) bond motifs is 1. The van der Waals surface area contributed by atoms with Crippen LogP contribution in [0.3, 0.4) is 0 Å². The zero-order chi connectivity index (χ0) is 21.0. The topological polar surface area (TPSA) is 57.3 Å². The average Bonchev–Trinajstić information content (AvgIpc) is 2.75. The first-order valence-electron chi connectivity index (χ1n) is 12.2. The van der Waals surface area contributed by atoms with E-state index in [1.807, 2.05) is 0 Å². The minimum absolute atomic E-state index is 0. The molecular weight excluding hydrogens is 420 g/mol. The van der Waals surface area contributed by atoms with Gasteiger partial charge in [-0.25, -0.2) is 4.98 Å². The Morgan fingerprint density at radius 1 is 1.06 bits per heavy atom. The Bertz CT molecular complexity index is 981. The lowest BCUT2D eigenvalue weighted by molar-refractivity contribution is -0.124. The Morgan fingerprint density at radius 2 is 1.72 bits per heavy atom. The summed E-state index contributed by atoms with van der Waals surface area (Å²) in [5, 5.41) is 7.77. The molecule has 0 atom stereocenters. The molecule has 1 aromatic carbocycles. The summed E-state index contributed by atoms with van der Waals surface area (Å²) in [6.45, 7) is 6.06. The van der Waals surface area contributed by atoms with E-state index < -0.39 is 0 Å². The fraction of sp³-hybridized carbons (Fsp3) is 0.615. The van der Waals surface area contributed by atoms with Crippen molar-refractivity contribution in [3.63, 3.8) is 0 Å². The number of carbonyl (C=O) groups is 1. The predicted octanol–water partition coefficient (Wildman–Crippen LogP) is 4.92. The smallest absolute Gasteiger partial charge is 0.224 e. The normalized spacial score (nSPS) is 30.9. The molecule has 0 unspecified atom stereocenters. The van der Waals surface area contributed by atoms with Gasteiger partial charge in [-0.3, -0.25) is 4.79 Å². The molecule has 0 spiro atoms. The molecule has 2 N–H and O–H groups in total. The summed E-state index contributed by atoms with van der Waals surface area (Å²) < 4.78 is 0. The molecule has 2 heterocycles. The van der Waals surface area contributed by atoms with Gasteiger partial charge in [-0.05, 0) is 92.4 Å². The number of nitrogens with one attached hydrogen (secondary N) is 2. The number of hydrogen-bond acceptors (Lipinski definition) is 4. The van der Waals surface area contributed by atoms with Gasteiger partial charge in [-0.2, -0.15) is 0 Å². The van der Waals surface area contributed by atoms with Gasteiger partial charge < -0.3 is 15.5 Å². The monoisotopic (exact) mass is 454 g/mol. The van der Waals surface area contributed by atoms with Crippen molar-refractivity contribution in [3.8, 4) is 0 Å². The molecule has 6 heteroatoms. The first-order valence-corrected chi connectivity index (χ1v) is 12.2. The Balaban J connectivity index is 0.00000216. The lowest BCUT2D eigenvalue weighted by atomic mass is 9.49. The van der Waals surface area contributed by atoms with Crippen molar-refractivity contribution in [2.24, 2.45) is 23.2 Å². The van der Waals surface area contributed by atoms with Crippen LogP contribution in [0.1, 0.15) is 50.5 Å². The summed E-state index contributed by atoms with van der Waals surface area (Å²) >= 11 is 0. The molecule has 7 rings (SSSR count). The van der Waals surface area contributed by atoms with E-state index in [4.69, 9.17) is 4.98 Å². The van der Waals surface area contributed by atoms with Crippen molar-refractivity contribution in [3.05, 3.63) is 29.8 Å². The van der Waals surface area contributed by atoms with Crippen LogP contribution in [0.5, 0.6) is 0 Å². The number of aryl methyl sites for hydroxylation is 1. The zero-order valence-electron chi connectivity index (χ0n) is 19.0. The second-order valence-electron chi connectivity index (χ2n) is 10.9. The minimum atomic E-state index is 0. The molecule has 5 aliphatic rings. The third-order valence-corrected chi connectivity index (χ3v) is 8.47. The van der Waals surface area contributed by atoms with Gasteiger partial charge in [0.25, 0.3) is 0 Å². The molecule has 4 bridgehead atoms. The lowest BCUT2D eigenvalue weighted by Gasteiger charge is -2.56. The number of piperazine rings is 1. The minimum Gasteiger partial charge on any atom is -0.354 e. The third-order valence-electron chi connectivity index (χ3n) is 8.47. The lowest BCUT2D eigenvalue weighted by Crippen LogP contribution is -2.47. The standard InChI is InChI=1S/C26H34N4O.ClH/c1-17-2-4-22-21(3-5-23(28-22)30-8-6-27-7-9-30)25(17)29-24(31)16-26-13-18-10-19(14-26)12-20(11-18)15-26;/h2-5,18-20,27H,6-16H2,1H3,(H,29,31);1H. The number of pyridine rings is 1. The second-order valence-corrected chi connectivity index (χ2v) is 10.9. The maximum absolute atomic E-state index is 13.3. The molecular formula is C26H35ClN4O. The van der Waals surface area contributed by atoms with E-state index in [1.165, 1.54) is 38.5 Å². The highest BCUT2D eigenvalue weighted by atomic mass is 35.5. The molecule has 1 amide bonds. The molecule has 5 nitrogen and oxygen atoms in total. The molecule has 1 aliphatic heterocycles. The summed E-state index contributed by atoms with van der Waals surface area (Å²) in [7, 11) is 0. The van der Waals surface area contributed by atoms with Gasteiger partial charge in [-0.15, -0.1) is 12.4 Å². The molecule has 0 radical (unpaired) electrons. The van der Waals surface area contributed by atoms with Crippen LogP contribution in [0.15, 0.2) is 24.3 Å². The van der Waals surface area contributed by atoms with Crippen LogP contribution in [-0.2, 0) is 4.79 Å². The highest BCUT2D eigenvalue weighted by Gasteiger charge is 2.51. The van der Waals surface area contributed by atoms with Gasteiger partial charge in [0.2, 0.25) is 5.91 Å². The molecule has 5 fully saturated rings. The van der Waals surface area contributed by atoms with Crippen LogP contribution in [0.4, 0.5) is 11.5 Å². The summed E-state index contributed by atoms with van der Waals surface area (Å²) in [4.78, 5) is 20.5. The van der Waals surface area contributed by atoms with E-state index in [9.17, 15) is 4.79 Å². The van der Waals surface area contributed by atoms with Crippen LogP contribution < -0.4 is 15.5 Å². The fourth-order valence-corrected chi connectivity index (χ4v) is 7.57. The van der Waals surface area contributed by atoms with Gasteiger partial charge in [0.1, 0.15) is 5.82 Å². The van der Waals surface area contributed by atoms with Crippen molar-refractivity contribution in [1.29, 1.82) is 0 Å². The highest BCUT2D eigenvalue weighted by molar-refractivity contribution is 6.02. The summed E-state index contributed by atoms with van der Waals surface area (Å²) in [6.07, 6.45) is 8.78. The number of amides is 1. The van der Waals surface area contributed by atoms with E-state index in [-0.39, 0.29) is 23.7 Å². The first-order chi connectivity index (χ1) is 15.1. The number of carbonyl (C=O) groups excluding carboxylic acids is 1. The molecule has 1 aromatic heterocycles. The quantitative estimate of drug-likeness (QED) is 0.688. The first kappa shape index (κ1) is 22.0. The summed E-state index contributed by atoms with van der Waals surface area (Å²) in [5.41, 5.74) is 3.30. The molecule has 172 valence electrons. The number of halogens is 1. The number of benzene rings is 1. The number of nitrogens with zero attached hydrogens (tertiary/aromatic N) is 2. The Labute approximate surface area is 197 Å². The van der Waals surface area contributed by atoms with Crippen molar-refractivity contribution >= 4 is 40.7 Å². The van der Waals surface area contributed by atoms with E-state index in [2.05, 4.69) is 46.7 Å². The average molecular weight is 455 g/mol. The molecule has 2 aromatic rings. The molecule has 4 saturated carbocycles. The summed E-state index contributed by atoms with van der Waals surface area (Å²) in [5.74, 6) is 3.87. The summed E-state index contributed by atoms with van der Waals surface area (Å²) in [6, 6.07) is 8.44. The number of hydrogen-bond donors (Lipinski definition) is 2. The van der Waals surface area contributed by atoms with Crippen LogP contribution in [0, 0.1) is 30.1 Å². The second kappa shape index (κ2) is 8.49. The van der Waals surface area contributed by atoms with Crippen LogP contribution in [0.25, 0.3) is 10.9 Å². The fourth-order valence-electron chi connectivity index (χ4n) is 7.57. The van der Waals surface area contributed by atoms with Gasteiger partial charge in [0, 0.05) is 38.0 Å². The Morgan fingerprint density at radius 3 is 2.38 bits per heavy atom. The highest BCUT2D eigenvalue weighted by Crippen LogP contribution is 2.61. The van der Waals surface area contributed by atoms with Gasteiger partial charge >= 0.3 is 0 Å². The van der Waals surface area contributed by atoms with Crippen molar-refractivity contribution in [1.82, 2.24) is 10.3 Å². The van der Waals surface area contributed by atoms with Crippen LogP contribution >= 0.6 is 12.4 Å². The zero-order valence-corrected chi connectivity index (χ0v) is 19.8. The van der Waals surface area contributed by atoms with E-state index in [0.29, 0.717) is 6.42 Å². The number of rotatable bonds is 4. The van der Waals surface area contributed by atoms with E-state index >= 15 is 0 Å². The van der Waals surface area contributed by atoms with Gasteiger partial charge in [0.15, 0.2) is 0 Å². The van der Waals surface area contributed by atoms with E-state index in [0.717, 1.165) is 71.9 Å². The predicted molar refractivity (Wildman–Crippen MR) is 133 cm³/mol. The molecule has 1 saturated heterocycles. The van der Waals surface area contributed by atoms with Crippen molar-refractivity contribution in [2.45, 2.75) is 51.9 Å². The van der Waals surface area contributed by atoms with Crippen molar-refractivity contribution in [2.75, 3.05) is 36.4 Å².